The molecule has 3 N–H and O–H groups in total. The zero-order chi connectivity index (χ0) is 14.6. The Morgan fingerprint density at radius 2 is 2.10 bits per heavy atom. The van der Waals surface area contributed by atoms with Crippen LogP contribution in [0.3, 0.4) is 0 Å². The first-order valence-corrected chi connectivity index (χ1v) is 6.92. The third-order valence-corrected chi connectivity index (χ3v) is 3.39. The Hall–Kier alpha value is -1.28. The van der Waals surface area contributed by atoms with Gasteiger partial charge < -0.3 is 19.9 Å². The van der Waals surface area contributed by atoms with Crippen molar-refractivity contribution in [3.8, 4) is 11.5 Å². The summed E-state index contributed by atoms with van der Waals surface area (Å²) in [4.78, 5) is 0. The van der Waals surface area contributed by atoms with Crippen molar-refractivity contribution in [3.05, 3.63) is 34.6 Å². The van der Waals surface area contributed by atoms with Crippen molar-refractivity contribution in [2.75, 3.05) is 13.2 Å². The molecule has 2 rings (SSSR count). The van der Waals surface area contributed by atoms with E-state index in [2.05, 4.69) is 31.4 Å². The van der Waals surface area contributed by atoms with E-state index in [0.717, 1.165) is 10.0 Å². The van der Waals surface area contributed by atoms with Crippen LogP contribution in [0.25, 0.3) is 11.5 Å². The highest BCUT2D eigenvalue weighted by Crippen LogP contribution is 2.26. The zero-order valence-electron chi connectivity index (χ0n) is 11.0. The maximum atomic E-state index is 9.64. The van der Waals surface area contributed by atoms with Crippen LogP contribution in [0.15, 0.2) is 33.2 Å². The molecule has 108 valence electrons. The van der Waals surface area contributed by atoms with Crippen molar-refractivity contribution in [2.24, 2.45) is 0 Å². The lowest BCUT2D eigenvalue weighted by molar-refractivity contribution is 0.00221. The normalized spacial score (nSPS) is 14.2. The highest BCUT2D eigenvalue weighted by Gasteiger charge is 2.18. The van der Waals surface area contributed by atoms with Crippen LogP contribution in [-0.4, -0.2) is 39.2 Å². The van der Waals surface area contributed by atoms with Gasteiger partial charge in [0.05, 0.1) is 24.3 Å². The molecule has 1 aromatic carbocycles. The van der Waals surface area contributed by atoms with Gasteiger partial charge in [-0.05, 0) is 35.0 Å². The topological polar surface area (TPSA) is 91.4 Å². The third-order valence-electron chi connectivity index (χ3n) is 2.69. The van der Waals surface area contributed by atoms with Gasteiger partial charge in [0, 0.05) is 11.0 Å². The fourth-order valence-electron chi connectivity index (χ4n) is 1.56. The van der Waals surface area contributed by atoms with Crippen LogP contribution in [-0.2, 0) is 6.54 Å². The standard InChI is InChI=1S/C13H16BrN3O3/c1-13(19,8-18)7-15-6-11-16-17-12(20-11)9-4-2-3-5-10(9)14/h2-5,15,18-19H,6-8H2,1H3. The number of nitrogens with one attached hydrogen (secondary N) is 1. The number of benzene rings is 1. The summed E-state index contributed by atoms with van der Waals surface area (Å²) >= 11 is 3.43. The summed E-state index contributed by atoms with van der Waals surface area (Å²) in [5, 5.41) is 29.4. The van der Waals surface area contributed by atoms with Gasteiger partial charge in [-0.3, -0.25) is 0 Å². The van der Waals surface area contributed by atoms with Crippen molar-refractivity contribution < 1.29 is 14.6 Å². The maximum absolute atomic E-state index is 9.64. The van der Waals surface area contributed by atoms with E-state index in [1.807, 2.05) is 24.3 Å². The van der Waals surface area contributed by atoms with Gasteiger partial charge >= 0.3 is 0 Å². The lowest BCUT2D eigenvalue weighted by Crippen LogP contribution is -2.40. The molecule has 0 aliphatic rings. The average molecular weight is 342 g/mol. The number of aliphatic hydroxyl groups is 2. The Labute approximate surface area is 125 Å². The summed E-state index contributed by atoms with van der Waals surface area (Å²) in [5.74, 6) is 0.854. The molecule has 0 saturated heterocycles. The predicted molar refractivity (Wildman–Crippen MR) is 76.9 cm³/mol. The van der Waals surface area contributed by atoms with E-state index < -0.39 is 5.60 Å². The van der Waals surface area contributed by atoms with Gasteiger partial charge in [-0.25, -0.2) is 0 Å². The van der Waals surface area contributed by atoms with Crippen molar-refractivity contribution in [1.82, 2.24) is 15.5 Å². The molecule has 7 heteroatoms. The van der Waals surface area contributed by atoms with Gasteiger partial charge in [-0.2, -0.15) is 0 Å². The summed E-state index contributed by atoms with van der Waals surface area (Å²) in [7, 11) is 0. The molecule has 0 radical (unpaired) electrons. The van der Waals surface area contributed by atoms with Gasteiger partial charge in [0.15, 0.2) is 0 Å². The molecule has 2 aromatic rings. The van der Waals surface area contributed by atoms with Crippen LogP contribution < -0.4 is 5.32 Å². The minimum atomic E-state index is -1.16. The molecule has 0 saturated carbocycles. The molecule has 0 amide bonds. The summed E-state index contributed by atoms with van der Waals surface area (Å²) in [6, 6.07) is 7.57. The van der Waals surface area contributed by atoms with Crippen LogP contribution in [0.5, 0.6) is 0 Å². The number of halogens is 1. The zero-order valence-corrected chi connectivity index (χ0v) is 12.6. The number of nitrogens with zero attached hydrogens (tertiary/aromatic N) is 2. The lowest BCUT2D eigenvalue weighted by atomic mass is 10.1. The summed E-state index contributed by atoms with van der Waals surface area (Å²) < 4.78 is 6.42. The van der Waals surface area contributed by atoms with Crippen molar-refractivity contribution in [1.29, 1.82) is 0 Å². The number of aliphatic hydroxyl groups excluding tert-OH is 1. The molecule has 0 fully saturated rings. The van der Waals surface area contributed by atoms with E-state index in [0.29, 0.717) is 18.3 Å². The third kappa shape index (κ3) is 3.86. The van der Waals surface area contributed by atoms with Crippen molar-refractivity contribution in [3.63, 3.8) is 0 Å². The first-order chi connectivity index (χ1) is 9.52. The minimum absolute atomic E-state index is 0.232. The first-order valence-electron chi connectivity index (χ1n) is 6.13. The fourth-order valence-corrected chi connectivity index (χ4v) is 2.02. The predicted octanol–water partition coefficient (Wildman–Crippen LogP) is 1.33. The van der Waals surface area contributed by atoms with E-state index >= 15 is 0 Å². The monoisotopic (exact) mass is 341 g/mol. The molecular weight excluding hydrogens is 326 g/mol. The van der Waals surface area contributed by atoms with Gasteiger partial charge in [-0.15, -0.1) is 10.2 Å². The fraction of sp³-hybridized carbons (Fsp3) is 0.385. The van der Waals surface area contributed by atoms with Crippen LogP contribution in [0.2, 0.25) is 0 Å². The molecule has 0 aliphatic carbocycles. The maximum Gasteiger partial charge on any atom is 0.248 e. The Bertz CT molecular complexity index is 571. The quantitative estimate of drug-likeness (QED) is 0.734. The second kappa shape index (κ2) is 6.45. The molecule has 1 unspecified atom stereocenters. The summed E-state index contributed by atoms with van der Waals surface area (Å²) in [6.45, 7) is 1.79. The highest BCUT2D eigenvalue weighted by molar-refractivity contribution is 9.10. The Kier molecular flexibility index (Phi) is 4.87. The van der Waals surface area contributed by atoms with Crippen molar-refractivity contribution in [2.45, 2.75) is 19.1 Å². The van der Waals surface area contributed by atoms with E-state index in [4.69, 9.17) is 9.52 Å². The molecule has 0 aliphatic heterocycles. The van der Waals surface area contributed by atoms with Gasteiger partial charge in [-0.1, -0.05) is 12.1 Å². The minimum Gasteiger partial charge on any atom is -0.419 e. The Morgan fingerprint density at radius 3 is 2.80 bits per heavy atom. The van der Waals surface area contributed by atoms with Crippen LogP contribution >= 0.6 is 15.9 Å². The molecule has 0 bridgehead atoms. The Balaban J connectivity index is 1.98. The summed E-state index contributed by atoms with van der Waals surface area (Å²) in [5.41, 5.74) is -0.334. The smallest absolute Gasteiger partial charge is 0.248 e. The molecular formula is C13H16BrN3O3. The van der Waals surface area contributed by atoms with Gasteiger partial charge in [0.2, 0.25) is 11.8 Å². The number of hydrogen-bond donors (Lipinski definition) is 3. The highest BCUT2D eigenvalue weighted by atomic mass is 79.9. The largest absolute Gasteiger partial charge is 0.419 e. The summed E-state index contributed by atoms with van der Waals surface area (Å²) in [6.07, 6.45) is 0. The molecule has 1 aromatic heterocycles. The van der Waals surface area contributed by atoms with E-state index in [1.165, 1.54) is 0 Å². The average Bonchev–Trinajstić information content (AvgIpc) is 2.88. The Morgan fingerprint density at radius 1 is 1.35 bits per heavy atom. The molecule has 1 heterocycles. The molecule has 6 nitrogen and oxygen atoms in total. The SMILES string of the molecule is CC(O)(CO)CNCc1nnc(-c2ccccc2Br)o1. The van der Waals surface area contributed by atoms with Gasteiger partial charge in [0.25, 0.3) is 0 Å². The second-order valence-electron chi connectivity index (χ2n) is 4.74. The van der Waals surface area contributed by atoms with Crippen molar-refractivity contribution >= 4 is 15.9 Å². The number of aromatic nitrogens is 2. The van der Waals surface area contributed by atoms with E-state index in [9.17, 15) is 5.11 Å². The number of hydrogen-bond acceptors (Lipinski definition) is 6. The molecule has 20 heavy (non-hydrogen) atoms. The van der Waals surface area contributed by atoms with E-state index in [1.54, 1.807) is 6.92 Å². The van der Waals surface area contributed by atoms with Crippen LogP contribution in [0.4, 0.5) is 0 Å². The molecule has 1 atom stereocenters. The van der Waals surface area contributed by atoms with Crippen LogP contribution in [0, 0.1) is 0 Å². The number of rotatable bonds is 6. The van der Waals surface area contributed by atoms with Crippen LogP contribution in [0.1, 0.15) is 12.8 Å². The van der Waals surface area contributed by atoms with E-state index in [-0.39, 0.29) is 13.2 Å². The second-order valence-corrected chi connectivity index (χ2v) is 5.59. The molecule has 0 spiro atoms. The lowest BCUT2D eigenvalue weighted by Gasteiger charge is -2.19. The first kappa shape index (κ1) is 15.1. The van der Waals surface area contributed by atoms with Gasteiger partial charge in [0.1, 0.15) is 0 Å².